The van der Waals surface area contributed by atoms with Crippen LogP contribution in [0.4, 0.5) is 0 Å². The van der Waals surface area contributed by atoms with Gasteiger partial charge in [0.1, 0.15) is 5.75 Å². The Bertz CT molecular complexity index is 430. The first-order valence-electron chi connectivity index (χ1n) is 6.70. The predicted octanol–water partition coefficient (Wildman–Crippen LogP) is 2.66. The molecule has 0 bridgehead atoms. The maximum Gasteiger partial charge on any atom is 0.234 e. The minimum absolute atomic E-state index is 0.0147. The van der Waals surface area contributed by atoms with Gasteiger partial charge in [-0.25, -0.2) is 5.84 Å². The first kappa shape index (κ1) is 15.5. The van der Waals surface area contributed by atoms with Crippen LogP contribution in [-0.2, 0) is 4.79 Å². The number of hydrogen-bond acceptors (Lipinski definition) is 3. The third-order valence-corrected chi connectivity index (χ3v) is 3.02. The van der Waals surface area contributed by atoms with Gasteiger partial charge in [-0.05, 0) is 49.4 Å². The molecule has 0 saturated heterocycles. The lowest BCUT2D eigenvalue weighted by atomic mass is 10.0. The van der Waals surface area contributed by atoms with Crippen molar-refractivity contribution < 1.29 is 9.53 Å². The van der Waals surface area contributed by atoms with Crippen LogP contribution in [0, 0.1) is 6.92 Å². The van der Waals surface area contributed by atoms with Crippen molar-refractivity contribution in [3.63, 3.8) is 0 Å². The number of hydrogen-bond donors (Lipinski definition) is 2. The first-order chi connectivity index (χ1) is 8.92. The maximum absolute atomic E-state index is 11.1. The molecule has 19 heavy (non-hydrogen) atoms. The van der Waals surface area contributed by atoms with Crippen LogP contribution in [0.1, 0.15) is 50.7 Å². The lowest BCUT2D eigenvalue weighted by Gasteiger charge is -2.16. The van der Waals surface area contributed by atoms with Crippen molar-refractivity contribution in [1.82, 2.24) is 5.43 Å². The summed E-state index contributed by atoms with van der Waals surface area (Å²) in [5, 5.41) is 0. The molecule has 106 valence electrons. The Balaban J connectivity index is 2.63. The molecule has 0 saturated carbocycles. The molecule has 1 amide bonds. The van der Waals surface area contributed by atoms with E-state index in [0.717, 1.165) is 5.75 Å². The van der Waals surface area contributed by atoms with Crippen molar-refractivity contribution in [1.29, 1.82) is 0 Å². The molecule has 0 aromatic heterocycles. The summed E-state index contributed by atoms with van der Waals surface area (Å²) in [6.45, 7) is 8.34. The van der Waals surface area contributed by atoms with Gasteiger partial charge in [0.15, 0.2) is 0 Å². The third kappa shape index (κ3) is 5.30. The summed E-state index contributed by atoms with van der Waals surface area (Å²) in [4.78, 5) is 11.1. The lowest BCUT2D eigenvalue weighted by Crippen LogP contribution is -2.30. The molecule has 0 heterocycles. The number of nitrogens with one attached hydrogen (secondary N) is 1. The zero-order valence-corrected chi connectivity index (χ0v) is 12.2. The smallest absolute Gasteiger partial charge is 0.234 e. The Morgan fingerprint density at radius 3 is 2.58 bits per heavy atom. The molecule has 4 heteroatoms. The summed E-state index contributed by atoms with van der Waals surface area (Å²) < 4.78 is 5.86. The van der Waals surface area contributed by atoms with Gasteiger partial charge in [0.2, 0.25) is 5.91 Å². The Kier molecular flexibility index (Phi) is 5.83. The van der Waals surface area contributed by atoms with E-state index in [0.29, 0.717) is 18.8 Å². The number of benzene rings is 1. The van der Waals surface area contributed by atoms with Gasteiger partial charge in [-0.3, -0.25) is 10.2 Å². The topological polar surface area (TPSA) is 64.3 Å². The third-order valence-electron chi connectivity index (χ3n) is 3.02. The minimum atomic E-state index is -0.164. The second kappa shape index (κ2) is 7.14. The van der Waals surface area contributed by atoms with E-state index in [2.05, 4.69) is 38.3 Å². The molecular formula is C15H24N2O2. The average molecular weight is 264 g/mol. The zero-order valence-electron chi connectivity index (χ0n) is 12.2. The maximum atomic E-state index is 11.1. The fourth-order valence-electron chi connectivity index (χ4n) is 1.88. The van der Waals surface area contributed by atoms with Crippen molar-refractivity contribution in [3.8, 4) is 5.75 Å². The fraction of sp³-hybridized carbons (Fsp3) is 0.533. The van der Waals surface area contributed by atoms with E-state index in [9.17, 15) is 4.79 Å². The van der Waals surface area contributed by atoms with Gasteiger partial charge in [-0.1, -0.05) is 19.9 Å². The normalized spacial score (nSPS) is 12.3. The zero-order chi connectivity index (χ0) is 14.4. The number of rotatable bonds is 6. The van der Waals surface area contributed by atoms with E-state index < -0.39 is 0 Å². The van der Waals surface area contributed by atoms with Gasteiger partial charge < -0.3 is 4.74 Å². The molecule has 0 aliphatic carbocycles. The highest BCUT2D eigenvalue weighted by Crippen LogP contribution is 2.24. The van der Waals surface area contributed by atoms with Crippen molar-refractivity contribution in [2.24, 2.45) is 5.84 Å². The van der Waals surface area contributed by atoms with Crippen LogP contribution in [0.2, 0.25) is 0 Å². The molecule has 1 aromatic carbocycles. The highest BCUT2D eigenvalue weighted by Gasteiger charge is 2.09. The van der Waals surface area contributed by atoms with E-state index in [-0.39, 0.29) is 12.0 Å². The van der Waals surface area contributed by atoms with Crippen molar-refractivity contribution in [2.75, 3.05) is 0 Å². The van der Waals surface area contributed by atoms with Crippen molar-refractivity contribution >= 4 is 5.91 Å². The van der Waals surface area contributed by atoms with Crippen LogP contribution < -0.4 is 16.0 Å². The lowest BCUT2D eigenvalue weighted by molar-refractivity contribution is -0.121. The molecule has 0 radical (unpaired) electrons. The number of nitrogens with two attached hydrogens (primary N) is 1. The highest BCUT2D eigenvalue weighted by molar-refractivity contribution is 5.75. The predicted molar refractivity (Wildman–Crippen MR) is 76.9 cm³/mol. The summed E-state index contributed by atoms with van der Waals surface area (Å²) in [6.07, 6.45) is 1.01. The SMILES string of the molecule is Cc1cc(OC(C)CCC(=O)NN)cc(C(C)C)c1. The van der Waals surface area contributed by atoms with E-state index in [1.54, 1.807) is 0 Å². The van der Waals surface area contributed by atoms with Gasteiger partial charge >= 0.3 is 0 Å². The summed E-state index contributed by atoms with van der Waals surface area (Å²) in [5.74, 6) is 6.22. The minimum Gasteiger partial charge on any atom is -0.491 e. The Morgan fingerprint density at radius 2 is 2.00 bits per heavy atom. The number of amides is 1. The first-order valence-corrected chi connectivity index (χ1v) is 6.70. The molecule has 0 aliphatic rings. The van der Waals surface area contributed by atoms with Gasteiger partial charge in [-0.2, -0.15) is 0 Å². The number of aryl methyl sites for hydroxylation is 1. The largest absolute Gasteiger partial charge is 0.491 e. The number of carbonyl (C=O) groups is 1. The van der Waals surface area contributed by atoms with Crippen LogP contribution in [0.25, 0.3) is 0 Å². The van der Waals surface area contributed by atoms with Gasteiger partial charge in [0.05, 0.1) is 6.10 Å². The molecule has 4 nitrogen and oxygen atoms in total. The Labute approximate surface area is 115 Å². The molecule has 0 aliphatic heterocycles. The van der Waals surface area contributed by atoms with Crippen LogP contribution >= 0.6 is 0 Å². The monoisotopic (exact) mass is 264 g/mol. The van der Waals surface area contributed by atoms with E-state index in [4.69, 9.17) is 10.6 Å². The summed E-state index contributed by atoms with van der Waals surface area (Å²) in [5.41, 5.74) is 4.58. The van der Waals surface area contributed by atoms with Gasteiger partial charge in [-0.15, -0.1) is 0 Å². The second-order valence-corrected chi connectivity index (χ2v) is 5.27. The summed E-state index contributed by atoms with van der Waals surface area (Å²) >= 11 is 0. The molecule has 3 N–H and O–H groups in total. The van der Waals surface area contributed by atoms with Crippen LogP contribution in [0.15, 0.2) is 18.2 Å². The Morgan fingerprint density at radius 1 is 1.32 bits per heavy atom. The molecule has 0 fully saturated rings. The molecule has 1 aromatic rings. The van der Waals surface area contributed by atoms with Crippen LogP contribution in [0.3, 0.4) is 0 Å². The quantitative estimate of drug-likeness (QED) is 0.471. The van der Waals surface area contributed by atoms with Gasteiger partial charge in [0, 0.05) is 6.42 Å². The van der Waals surface area contributed by atoms with Crippen LogP contribution in [-0.4, -0.2) is 12.0 Å². The van der Waals surface area contributed by atoms with E-state index >= 15 is 0 Å². The van der Waals surface area contributed by atoms with Gasteiger partial charge in [0.25, 0.3) is 0 Å². The molecule has 0 spiro atoms. The second-order valence-electron chi connectivity index (χ2n) is 5.27. The summed E-state index contributed by atoms with van der Waals surface area (Å²) in [7, 11) is 0. The van der Waals surface area contributed by atoms with E-state index in [1.807, 2.05) is 13.0 Å². The average Bonchev–Trinajstić information content (AvgIpc) is 2.35. The fourth-order valence-corrected chi connectivity index (χ4v) is 1.88. The molecular weight excluding hydrogens is 240 g/mol. The molecule has 1 unspecified atom stereocenters. The summed E-state index contributed by atoms with van der Waals surface area (Å²) in [6, 6.07) is 6.26. The Hall–Kier alpha value is -1.55. The number of hydrazine groups is 1. The number of carbonyl (C=O) groups excluding carboxylic acids is 1. The van der Waals surface area contributed by atoms with Crippen molar-refractivity contribution in [3.05, 3.63) is 29.3 Å². The van der Waals surface area contributed by atoms with E-state index in [1.165, 1.54) is 11.1 Å². The number of ether oxygens (including phenoxy) is 1. The van der Waals surface area contributed by atoms with Crippen molar-refractivity contribution in [2.45, 2.75) is 52.6 Å². The molecule has 1 atom stereocenters. The molecule has 1 rings (SSSR count). The standard InChI is InChI=1S/C15H24N2O2/c1-10(2)13-7-11(3)8-14(9-13)19-12(4)5-6-15(18)17-16/h7-10,12H,5-6,16H2,1-4H3,(H,17,18). The highest BCUT2D eigenvalue weighted by atomic mass is 16.5. The van der Waals surface area contributed by atoms with Crippen LogP contribution in [0.5, 0.6) is 5.75 Å².